The molecule has 0 radical (unpaired) electrons. The summed E-state index contributed by atoms with van der Waals surface area (Å²) in [7, 11) is 0. The fourth-order valence-electron chi connectivity index (χ4n) is 2.52. The minimum absolute atomic E-state index is 0.0570. The molecule has 2 nitrogen and oxygen atoms in total. The molecule has 0 aliphatic heterocycles. The van der Waals surface area contributed by atoms with Crippen molar-refractivity contribution in [3.05, 3.63) is 35.4 Å². The minimum atomic E-state index is -4.77. The van der Waals surface area contributed by atoms with E-state index in [1.807, 2.05) is 6.92 Å². The van der Waals surface area contributed by atoms with Gasteiger partial charge in [0, 0.05) is 12.8 Å². The molecule has 2 rings (SSSR count). The Morgan fingerprint density at radius 2 is 1.84 bits per heavy atom. The van der Waals surface area contributed by atoms with Crippen molar-refractivity contribution in [1.29, 1.82) is 0 Å². The fraction of sp³-hybridized carbons (Fsp3) is 0.500. The van der Waals surface area contributed by atoms with Crippen molar-refractivity contribution in [2.24, 2.45) is 0 Å². The lowest BCUT2D eigenvalue weighted by Gasteiger charge is -2.37. The highest BCUT2D eigenvalue weighted by molar-refractivity contribution is 5.81. The molecule has 0 bridgehead atoms. The zero-order valence-electron chi connectivity index (χ0n) is 10.5. The molecule has 1 aromatic rings. The van der Waals surface area contributed by atoms with Gasteiger partial charge in [0.2, 0.25) is 0 Å². The molecule has 0 amide bonds. The molecule has 19 heavy (non-hydrogen) atoms. The number of halogens is 3. The van der Waals surface area contributed by atoms with Gasteiger partial charge in [0.1, 0.15) is 5.78 Å². The van der Waals surface area contributed by atoms with Crippen LogP contribution in [-0.4, -0.2) is 22.7 Å². The summed E-state index contributed by atoms with van der Waals surface area (Å²) in [5, 5.41) is 9.72. The predicted molar refractivity (Wildman–Crippen MR) is 63.8 cm³/mol. The van der Waals surface area contributed by atoms with E-state index in [9.17, 15) is 23.1 Å². The summed E-state index contributed by atoms with van der Waals surface area (Å²) in [4.78, 5) is 11.5. The number of carbonyl (C=O) groups is 1. The van der Waals surface area contributed by atoms with Crippen LogP contribution in [-0.2, 0) is 4.79 Å². The van der Waals surface area contributed by atoms with Crippen LogP contribution in [0.2, 0.25) is 0 Å². The number of Topliss-reactive ketones (excluding diaryl/α,β-unsaturated/α-hetero) is 1. The summed E-state index contributed by atoms with van der Waals surface area (Å²) in [6, 6.07) is 7.02. The molecular weight excluding hydrogens is 257 g/mol. The zero-order chi connectivity index (χ0) is 14.3. The highest BCUT2D eigenvalue weighted by Gasteiger charge is 2.57. The van der Waals surface area contributed by atoms with E-state index in [1.54, 1.807) is 24.3 Å². The van der Waals surface area contributed by atoms with Gasteiger partial charge in [-0.05, 0) is 24.8 Å². The monoisotopic (exact) mass is 272 g/mol. The number of ketones is 1. The third-order valence-electron chi connectivity index (χ3n) is 3.62. The molecule has 104 valence electrons. The van der Waals surface area contributed by atoms with Gasteiger partial charge >= 0.3 is 6.18 Å². The SMILES string of the molecule is Cc1ccc([C@H]2CC(=O)C[C@@](O)(C(F)(F)F)C2)cc1. The molecule has 0 aromatic heterocycles. The highest BCUT2D eigenvalue weighted by Crippen LogP contribution is 2.45. The molecule has 2 atom stereocenters. The van der Waals surface area contributed by atoms with Crippen molar-refractivity contribution in [2.75, 3.05) is 0 Å². The summed E-state index contributed by atoms with van der Waals surface area (Å²) in [5.74, 6) is -1.12. The molecule has 0 unspecified atom stereocenters. The lowest BCUT2D eigenvalue weighted by atomic mass is 9.74. The number of carbonyl (C=O) groups excluding carboxylic acids is 1. The van der Waals surface area contributed by atoms with E-state index in [1.165, 1.54) is 0 Å². The quantitative estimate of drug-likeness (QED) is 0.852. The van der Waals surface area contributed by atoms with Crippen molar-refractivity contribution < 1.29 is 23.1 Å². The van der Waals surface area contributed by atoms with Gasteiger partial charge in [0.05, 0.1) is 0 Å². The Hall–Kier alpha value is -1.36. The highest BCUT2D eigenvalue weighted by atomic mass is 19.4. The number of hydrogen-bond acceptors (Lipinski definition) is 2. The summed E-state index contributed by atoms with van der Waals surface area (Å²) < 4.78 is 38.5. The molecular formula is C14H15F3O2. The van der Waals surface area contributed by atoms with E-state index >= 15 is 0 Å². The van der Waals surface area contributed by atoms with Gasteiger partial charge < -0.3 is 5.11 Å². The summed E-state index contributed by atoms with van der Waals surface area (Å²) >= 11 is 0. The molecule has 5 heteroatoms. The normalized spacial score (nSPS) is 28.5. The van der Waals surface area contributed by atoms with Gasteiger partial charge in [-0.2, -0.15) is 13.2 Å². The zero-order valence-corrected chi connectivity index (χ0v) is 10.5. The Morgan fingerprint density at radius 1 is 1.26 bits per heavy atom. The van der Waals surface area contributed by atoms with Crippen LogP contribution in [0.3, 0.4) is 0 Å². The van der Waals surface area contributed by atoms with Crippen LogP contribution in [0.15, 0.2) is 24.3 Å². The molecule has 1 aromatic carbocycles. The third-order valence-corrected chi connectivity index (χ3v) is 3.62. The topological polar surface area (TPSA) is 37.3 Å². The average Bonchev–Trinajstić information content (AvgIpc) is 2.27. The van der Waals surface area contributed by atoms with E-state index in [0.29, 0.717) is 5.56 Å². The summed E-state index contributed by atoms with van der Waals surface area (Å²) in [5.41, 5.74) is -1.23. The molecule has 0 heterocycles. The first kappa shape index (κ1) is 14.1. The fourth-order valence-corrected chi connectivity index (χ4v) is 2.52. The maximum absolute atomic E-state index is 12.8. The number of rotatable bonds is 1. The lowest BCUT2D eigenvalue weighted by molar-refractivity contribution is -0.267. The first-order valence-corrected chi connectivity index (χ1v) is 6.09. The average molecular weight is 272 g/mol. The van der Waals surface area contributed by atoms with Gasteiger partial charge in [-0.25, -0.2) is 0 Å². The first-order valence-electron chi connectivity index (χ1n) is 6.09. The molecule has 1 aliphatic rings. The Kier molecular flexibility index (Phi) is 3.43. The van der Waals surface area contributed by atoms with Crippen LogP contribution in [0.4, 0.5) is 13.2 Å². The van der Waals surface area contributed by atoms with E-state index < -0.39 is 36.3 Å². The Balaban J connectivity index is 2.28. The second-order valence-electron chi connectivity index (χ2n) is 5.26. The van der Waals surface area contributed by atoms with Gasteiger partial charge in [-0.1, -0.05) is 29.8 Å². The second kappa shape index (κ2) is 4.63. The van der Waals surface area contributed by atoms with Crippen LogP contribution >= 0.6 is 0 Å². The number of hydrogen-bond donors (Lipinski definition) is 1. The van der Waals surface area contributed by atoms with Crippen molar-refractivity contribution in [2.45, 2.75) is 43.9 Å². The van der Waals surface area contributed by atoms with Crippen molar-refractivity contribution in [3.63, 3.8) is 0 Å². The van der Waals surface area contributed by atoms with Gasteiger partial charge in [-0.3, -0.25) is 4.79 Å². The maximum Gasteiger partial charge on any atom is 0.417 e. The van der Waals surface area contributed by atoms with Crippen LogP contribution in [0.25, 0.3) is 0 Å². The Labute approximate surface area is 109 Å². The lowest BCUT2D eigenvalue weighted by Crippen LogP contribution is -2.50. The van der Waals surface area contributed by atoms with Gasteiger partial charge in [0.15, 0.2) is 5.60 Å². The molecule has 1 fully saturated rings. The smallest absolute Gasteiger partial charge is 0.380 e. The molecule has 1 saturated carbocycles. The van der Waals surface area contributed by atoms with E-state index in [2.05, 4.69) is 0 Å². The molecule has 1 aliphatic carbocycles. The van der Waals surface area contributed by atoms with Crippen LogP contribution < -0.4 is 0 Å². The molecule has 0 saturated heterocycles. The number of benzene rings is 1. The first-order chi connectivity index (χ1) is 8.71. The predicted octanol–water partition coefficient (Wildman–Crippen LogP) is 3.13. The minimum Gasteiger partial charge on any atom is -0.380 e. The Morgan fingerprint density at radius 3 is 2.37 bits per heavy atom. The van der Waals surface area contributed by atoms with Crippen molar-refractivity contribution in [3.8, 4) is 0 Å². The van der Waals surface area contributed by atoms with Crippen LogP contribution in [0.1, 0.15) is 36.3 Å². The second-order valence-corrected chi connectivity index (χ2v) is 5.26. The van der Waals surface area contributed by atoms with E-state index in [4.69, 9.17) is 0 Å². The standard InChI is InChI=1S/C14H15F3O2/c1-9-2-4-10(5-3-9)11-6-12(18)8-13(19,7-11)14(15,16)17/h2-5,11,19H,6-8H2,1H3/t11-,13+/m0/s1. The van der Waals surface area contributed by atoms with Crippen LogP contribution in [0.5, 0.6) is 0 Å². The number of aryl methyl sites for hydroxylation is 1. The van der Waals surface area contributed by atoms with E-state index in [0.717, 1.165) is 5.56 Å². The van der Waals surface area contributed by atoms with Crippen LogP contribution in [0, 0.1) is 6.92 Å². The Bertz CT molecular complexity index is 478. The number of alkyl halides is 3. The van der Waals surface area contributed by atoms with E-state index in [-0.39, 0.29) is 6.42 Å². The molecule has 1 N–H and O–H groups in total. The third kappa shape index (κ3) is 2.81. The largest absolute Gasteiger partial charge is 0.417 e. The van der Waals surface area contributed by atoms with Gasteiger partial charge in [0.25, 0.3) is 0 Å². The van der Waals surface area contributed by atoms with Crippen molar-refractivity contribution in [1.82, 2.24) is 0 Å². The number of aliphatic hydroxyl groups is 1. The summed E-state index contributed by atoms with van der Waals surface area (Å²) in [6.45, 7) is 1.88. The maximum atomic E-state index is 12.8. The molecule has 0 spiro atoms. The van der Waals surface area contributed by atoms with Gasteiger partial charge in [-0.15, -0.1) is 0 Å². The summed E-state index contributed by atoms with van der Waals surface area (Å²) in [6.07, 6.45) is -6.00. The van der Waals surface area contributed by atoms with Crippen molar-refractivity contribution >= 4 is 5.78 Å².